The van der Waals surface area contributed by atoms with Gasteiger partial charge in [0.15, 0.2) is 5.78 Å². The van der Waals surface area contributed by atoms with E-state index < -0.39 is 0 Å². The van der Waals surface area contributed by atoms with Crippen LogP contribution >= 0.6 is 0 Å². The Morgan fingerprint density at radius 3 is 2.80 bits per heavy atom. The van der Waals surface area contributed by atoms with Gasteiger partial charge in [0, 0.05) is 54.3 Å². The molecule has 0 fully saturated rings. The topological polar surface area (TPSA) is 83.3 Å². The van der Waals surface area contributed by atoms with Crippen molar-refractivity contribution in [2.45, 2.75) is 19.4 Å². The average Bonchev–Trinajstić information content (AvgIpc) is 3.12. The summed E-state index contributed by atoms with van der Waals surface area (Å²) in [5.41, 5.74) is 4.77. The minimum atomic E-state index is 0.0102. The van der Waals surface area contributed by atoms with E-state index in [1.54, 1.807) is 18.5 Å². The van der Waals surface area contributed by atoms with Crippen LogP contribution in [0.4, 0.5) is 5.69 Å². The smallest absolute Gasteiger partial charge is 0.196 e. The molecule has 7 heteroatoms. The van der Waals surface area contributed by atoms with Crippen LogP contribution in [0.25, 0.3) is 22.2 Å². The molecule has 1 aromatic carbocycles. The maximum atomic E-state index is 13.4. The molecule has 2 aromatic heterocycles. The lowest BCUT2D eigenvalue weighted by Gasteiger charge is -2.18. The van der Waals surface area contributed by atoms with Crippen LogP contribution in [0.3, 0.4) is 0 Å². The molecule has 3 aromatic rings. The highest BCUT2D eigenvalue weighted by molar-refractivity contribution is 6.27. The van der Waals surface area contributed by atoms with Crippen molar-refractivity contribution in [3.05, 3.63) is 53.9 Å². The van der Waals surface area contributed by atoms with Gasteiger partial charge in [-0.05, 0) is 45.1 Å². The number of carbonyl (C=O) groups is 1. The van der Waals surface area contributed by atoms with Crippen LogP contribution in [0.15, 0.2) is 42.7 Å². The molecule has 2 heterocycles. The fraction of sp³-hybridized carbons (Fsp3) is 0.348. The van der Waals surface area contributed by atoms with E-state index in [0.29, 0.717) is 24.1 Å². The third-order valence-corrected chi connectivity index (χ3v) is 5.31. The number of likely N-dealkylation sites (N-methyl/N-ethyl adjacent to an activating group) is 1. The number of nitrogens with one attached hydrogen (secondary N) is 1. The SMILES string of the molecule is CN(C)CCn1nc2c3c(c(NCC/C=C/CCO)ccc31)C(=O)c1ccncc1-2. The van der Waals surface area contributed by atoms with E-state index >= 15 is 0 Å². The Hall–Kier alpha value is -3.03. The van der Waals surface area contributed by atoms with Crippen LogP contribution in [0.2, 0.25) is 0 Å². The number of aliphatic hydroxyl groups is 1. The van der Waals surface area contributed by atoms with Gasteiger partial charge in [-0.1, -0.05) is 12.2 Å². The summed E-state index contributed by atoms with van der Waals surface area (Å²) in [6.45, 7) is 2.48. The van der Waals surface area contributed by atoms with Crippen molar-refractivity contribution >= 4 is 22.4 Å². The van der Waals surface area contributed by atoms with Crippen molar-refractivity contribution in [2.24, 2.45) is 0 Å². The number of carbonyl (C=O) groups excluding carboxylic acids is 1. The molecule has 0 unspecified atom stereocenters. The van der Waals surface area contributed by atoms with E-state index in [9.17, 15) is 4.79 Å². The van der Waals surface area contributed by atoms with Gasteiger partial charge in [-0.2, -0.15) is 5.10 Å². The first-order chi connectivity index (χ1) is 14.6. The third kappa shape index (κ3) is 3.74. The van der Waals surface area contributed by atoms with Gasteiger partial charge < -0.3 is 15.3 Å². The van der Waals surface area contributed by atoms with Gasteiger partial charge in [-0.3, -0.25) is 14.5 Å². The summed E-state index contributed by atoms with van der Waals surface area (Å²) in [4.78, 5) is 19.8. The standard InChI is InChI=1S/C23H27N5O2/c1-27(2)12-13-28-19-8-7-18(25-10-5-3-4-6-14-29)20-21(19)22(26-28)17-15-24-11-9-16(17)23(20)30/h3-4,7-9,11,15,25,29H,5-6,10,12-14H2,1-2H3/b4-3+. The van der Waals surface area contributed by atoms with Gasteiger partial charge in [0.1, 0.15) is 5.69 Å². The lowest BCUT2D eigenvalue weighted by molar-refractivity contribution is 0.104. The molecule has 0 saturated carbocycles. The van der Waals surface area contributed by atoms with Gasteiger partial charge in [-0.25, -0.2) is 0 Å². The first kappa shape index (κ1) is 20.3. The van der Waals surface area contributed by atoms with Crippen molar-refractivity contribution in [1.82, 2.24) is 19.7 Å². The summed E-state index contributed by atoms with van der Waals surface area (Å²) in [7, 11) is 4.08. The number of aliphatic hydroxyl groups excluding tert-OH is 1. The number of hydrogen-bond acceptors (Lipinski definition) is 6. The molecule has 4 rings (SSSR count). The Bertz CT molecular complexity index is 1100. The molecule has 30 heavy (non-hydrogen) atoms. The van der Waals surface area contributed by atoms with E-state index in [1.807, 2.05) is 43.1 Å². The van der Waals surface area contributed by atoms with Crippen molar-refractivity contribution < 1.29 is 9.90 Å². The van der Waals surface area contributed by atoms with Crippen LogP contribution < -0.4 is 5.32 Å². The highest BCUT2D eigenvalue weighted by Crippen LogP contribution is 2.41. The van der Waals surface area contributed by atoms with Gasteiger partial charge in [0.25, 0.3) is 0 Å². The Balaban J connectivity index is 1.75. The normalized spacial score (nSPS) is 12.9. The quantitative estimate of drug-likeness (QED) is 0.329. The number of benzene rings is 1. The number of pyridine rings is 1. The molecule has 1 aliphatic rings. The summed E-state index contributed by atoms with van der Waals surface area (Å²) in [5, 5.41) is 18.1. The zero-order valence-electron chi connectivity index (χ0n) is 17.4. The predicted octanol–water partition coefficient (Wildman–Crippen LogP) is 2.94. The zero-order chi connectivity index (χ0) is 21.1. The molecule has 0 radical (unpaired) electrons. The predicted molar refractivity (Wildman–Crippen MR) is 119 cm³/mol. The number of hydrogen-bond donors (Lipinski definition) is 2. The second-order valence-electron chi connectivity index (χ2n) is 7.71. The van der Waals surface area contributed by atoms with E-state index in [-0.39, 0.29) is 12.4 Å². The highest BCUT2D eigenvalue weighted by Gasteiger charge is 2.31. The number of aromatic nitrogens is 3. The first-order valence-corrected chi connectivity index (χ1v) is 10.3. The largest absolute Gasteiger partial charge is 0.396 e. The molecule has 7 nitrogen and oxygen atoms in total. The second-order valence-corrected chi connectivity index (χ2v) is 7.71. The summed E-state index contributed by atoms with van der Waals surface area (Å²) in [6.07, 6.45) is 8.89. The number of ketones is 1. The Morgan fingerprint density at radius 1 is 1.17 bits per heavy atom. The Kier molecular flexibility index (Phi) is 5.92. The zero-order valence-corrected chi connectivity index (χ0v) is 17.4. The maximum absolute atomic E-state index is 13.4. The summed E-state index contributed by atoms with van der Waals surface area (Å²) < 4.78 is 1.99. The van der Waals surface area contributed by atoms with Gasteiger partial charge >= 0.3 is 0 Å². The van der Waals surface area contributed by atoms with Crippen molar-refractivity contribution in [2.75, 3.05) is 39.1 Å². The number of anilines is 1. The van der Waals surface area contributed by atoms with Gasteiger partial charge in [-0.15, -0.1) is 0 Å². The highest BCUT2D eigenvalue weighted by atomic mass is 16.2. The monoisotopic (exact) mass is 405 g/mol. The molecular weight excluding hydrogens is 378 g/mol. The molecule has 0 saturated heterocycles. The minimum Gasteiger partial charge on any atom is -0.396 e. The molecule has 0 atom stereocenters. The van der Waals surface area contributed by atoms with Crippen molar-refractivity contribution in [3.8, 4) is 11.3 Å². The van der Waals surface area contributed by atoms with Crippen LogP contribution in [0, 0.1) is 0 Å². The molecule has 0 bridgehead atoms. The molecule has 0 aliphatic heterocycles. The molecule has 2 N–H and O–H groups in total. The van der Waals surface area contributed by atoms with Crippen LogP contribution in [0.5, 0.6) is 0 Å². The van der Waals surface area contributed by atoms with E-state index in [0.717, 1.165) is 47.4 Å². The summed E-state index contributed by atoms with van der Waals surface area (Å²) in [5.74, 6) is 0.0102. The number of nitrogens with zero attached hydrogens (tertiary/aromatic N) is 4. The van der Waals surface area contributed by atoms with E-state index in [1.165, 1.54) is 0 Å². The molecule has 0 spiro atoms. The average molecular weight is 406 g/mol. The Labute approximate surface area is 176 Å². The Morgan fingerprint density at radius 2 is 2.00 bits per heavy atom. The van der Waals surface area contributed by atoms with Crippen LogP contribution in [-0.2, 0) is 6.54 Å². The molecule has 1 aliphatic carbocycles. The number of rotatable bonds is 9. The van der Waals surface area contributed by atoms with E-state index in [2.05, 4.69) is 15.2 Å². The third-order valence-electron chi connectivity index (χ3n) is 5.31. The molecule has 156 valence electrons. The summed E-state index contributed by atoms with van der Waals surface area (Å²) >= 11 is 0. The number of fused-ring (bicyclic) bond motifs is 2. The minimum absolute atomic E-state index is 0.0102. The first-order valence-electron chi connectivity index (χ1n) is 10.3. The lowest BCUT2D eigenvalue weighted by atomic mass is 9.87. The molecule has 0 amide bonds. The fourth-order valence-electron chi connectivity index (χ4n) is 3.82. The fourth-order valence-corrected chi connectivity index (χ4v) is 3.82. The van der Waals surface area contributed by atoms with E-state index in [4.69, 9.17) is 10.2 Å². The van der Waals surface area contributed by atoms with Gasteiger partial charge in [0.05, 0.1) is 17.6 Å². The van der Waals surface area contributed by atoms with Crippen molar-refractivity contribution in [1.29, 1.82) is 0 Å². The second kappa shape index (κ2) is 8.77. The van der Waals surface area contributed by atoms with Gasteiger partial charge in [0.2, 0.25) is 0 Å². The van der Waals surface area contributed by atoms with Crippen LogP contribution in [0.1, 0.15) is 28.8 Å². The lowest BCUT2D eigenvalue weighted by Crippen LogP contribution is -2.19. The summed E-state index contributed by atoms with van der Waals surface area (Å²) in [6, 6.07) is 5.81. The van der Waals surface area contributed by atoms with Crippen LogP contribution in [-0.4, -0.2) is 64.3 Å². The maximum Gasteiger partial charge on any atom is 0.196 e. The van der Waals surface area contributed by atoms with Crippen molar-refractivity contribution in [3.63, 3.8) is 0 Å². The molecular formula is C23H27N5O2.